The number of hydrogen-bond acceptors (Lipinski definition) is 3. The van der Waals surface area contributed by atoms with Gasteiger partial charge in [-0.05, 0) is 39.7 Å². The highest BCUT2D eigenvalue weighted by molar-refractivity contribution is 7.86. The molecule has 18 heavy (non-hydrogen) atoms. The van der Waals surface area contributed by atoms with Gasteiger partial charge >= 0.3 is 0 Å². The first kappa shape index (κ1) is 15.9. The van der Waals surface area contributed by atoms with Crippen molar-refractivity contribution in [3.8, 4) is 0 Å². The molecule has 1 aliphatic heterocycles. The third-order valence-corrected chi connectivity index (χ3v) is 5.61. The Morgan fingerprint density at radius 2 is 2.06 bits per heavy atom. The van der Waals surface area contributed by atoms with Crippen LogP contribution >= 0.6 is 0 Å². The van der Waals surface area contributed by atoms with Crippen molar-refractivity contribution in [2.24, 2.45) is 0 Å². The van der Waals surface area contributed by atoms with Crippen LogP contribution in [0.5, 0.6) is 0 Å². The van der Waals surface area contributed by atoms with Crippen molar-refractivity contribution >= 4 is 10.2 Å². The molecule has 1 fully saturated rings. The van der Waals surface area contributed by atoms with Gasteiger partial charge in [0, 0.05) is 32.2 Å². The lowest BCUT2D eigenvalue weighted by Crippen LogP contribution is -2.49. The Labute approximate surface area is 112 Å². The number of nitrogens with one attached hydrogen (secondary N) is 1. The van der Waals surface area contributed by atoms with Gasteiger partial charge in [-0.15, -0.1) is 0 Å². The van der Waals surface area contributed by atoms with Crippen molar-refractivity contribution in [2.75, 3.05) is 26.7 Å². The fourth-order valence-electron chi connectivity index (χ4n) is 2.16. The van der Waals surface area contributed by atoms with Crippen LogP contribution in [-0.4, -0.2) is 55.8 Å². The van der Waals surface area contributed by atoms with Crippen molar-refractivity contribution in [2.45, 2.75) is 52.1 Å². The van der Waals surface area contributed by atoms with Gasteiger partial charge in [-0.3, -0.25) is 0 Å². The molecule has 0 aliphatic carbocycles. The van der Waals surface area contributed by atoms with Crippen LogP contribution in [0.1, 0.15) is 40.0 Å². The van der Waals surface area contributed by atoms with Crippen molar-refractivity contribution in [1.82, 2.24) is 13.9 Å². The van der Waals surface area contributed by atoms with E-state index in [1.165, 1.54) is 4.31 Å². The van der Waals surface area contributed by atoms with E-state index in [9.17, 15) is 8.42 Å². The van der Waals surface area contributed by atoms with Gasteiger partial charge in [0.05, 0.1) is 0 Å². The third kappa shape index (κ3) is 3.91. The zero-order chi connectivity index (χ0) is 13.8. The summed E-state index contributed by atoms with van der Waals surface area (Å²) in [5.74, 6) is 0. The maximum absolute atomic E-state index is 12.5. The summed E-state index contributed by atoms with van der Waals surface area (Å²) in [6.45, 7) is 8.00. The van der Waals surface area contributed by atoms with Gasteiger partial charge in [0.15, 0.2) is 0 Å². The molecule has 1 saturated heterocycles. The Hall–Kier alpha value is -0.170. The van der Waals surface area contributed by atoms with E-state index in [1.807, 2.05) is 20.8 Å². The zero-order valence-electron chi connectivity index (χ0n) is 12.0. The average Bonchev–Trinajstić information content (AvgIpc) is 2.80. The molecule has 1 rings (SSSR count). The molecule has 1 N–H and O–H groups in total. The first-order chi connectivity index (χ1) is 8.39. The van der Waals surface area contributed by atoms with Gasteiger partial charge in [0.2, 0.25) is 0 Å². The second kappa shape index (κ2) is 6.84. The molecule has 108 valence electrons. The van der Waals surface area contributed by atoms with E-state index in [2.05, 4.69) is 5.32 Å². The van der Waals surface area contributed by atoms with Gasteiger partial charge in [-0.25, -0.2) is 0 Å². The Morgan fingerprint density at radius 1 is 1.39 bits per heavy atom. The molecule has 0 radical (unpaired) electrons. The van der Waals surface area contributed by atoms with Crippen molar-refractivity contribution in [3.63, 3.8) is 0 Å². The smallest absolute Gasteiger partial charge is 0.282 e. The Kier molecular flexibility index (Phi) is 6.04. The van der Waals surface area contributed by atoms with Crippen molar-refractivity contribution < 1.29 is 8.42 Å². The fraction of sp³-hybridized carbons (Fsp3) is 1.00. The quantitative estimate of drug-likeness (QED) is 0.756. The van der Waals surface area contributed by atoms with Crippen molar-refractivity contribution in [1.29, 1.82) is 0 Å². The maximum atomic E-state index is 12.5. The Balaban J connectivity index is 2.75. The highest BCUT2D eigenvalue weighted by atomic mass is 32.2. The summed E-state index contributed by atoms with van der Waals surface area (Å²) in [4.78, 5) is 0. The minimum Gasteiger partial charge on any atom is -0.313 e. The molecule has 0 aromatic heterocycles. The molecule has 0 bridgehead atoms. The molecular weight excluding hydrogens is 250 g/mol. The second-order valence-corrected chi connectivity index (χ2v) is 7.26. The highest BCUT2D eigenvalue weighted by Crippen LogP contribution is 2.14. The number of rotatable bonds is 7. The fourth-order valence-corrected chi connectivity index (χ4v) is 3.84. The summed E-state index contributed by atoms with van der Waals surface area (Å²) in [6, 6.07) is 0.304. The minimum atomic E-state index is -3.32. The molecule has 1 heterocycles. The van der Waals surface area contributed by atoms with E-state index in [1.54, 1.807) is 11.4 Å². The monoisotopic (exact) mass is 277 g/mol. The SMILES string of the molecule is CCCN(CC1CCCN1)S(=O)(=O)N(C)C(C)C. The lowest BCUT2D eigenvalue weighted by atomic mass is 10.2. The predicted molar refractivity (Wildman–Crippen MR) is 74.7 cm³/mol. The van der Waals surface area contributed by atoms with Crippen LogP contribution in [-0.2, 0) is 10.2 Å². The first-order valence-electron chi connectivity index (χ1n) is 6.86. The summed E-state index contributed by atoms with van der Waals surface area (Å²) in [5.41, 5.74) is 0. The summed E-state index contributed by atoms with van der Waals surface area (Å²) < 4.78 is 28.0. The Morgan fingerprint density at radius 3 is 2.50 bits per heavy atom. The van der Waals surface area contributed by atoms with Gasteiger partial charge in [0.25, 0.3) is 10.2 Å². The van der Waals surface area contributed by atoms with Gasteiger partial charge in [-0.1, -0.05) is 6.92 Å². The van der Waals surface area contributed by atoms with E-state index in [-0.39, 0.29) is 6.04 Å². The normalized spacial score (nSPS) is 21.4. The summed E-state index contributed by atoms with van der Waals surface area (Å²) in [5, 5.41) is 3.36. The second-order valence-electron chi connectivity index (χ2n) is 5.27. The maximum Gasteiger partial charge on any atom is 0.282 e. The predicted octanol–water partition coefficient (Wildman–Crippen LogP) is 1.04. The lowest BCUT2D eigenvalue weighted by molar-refractivity contribution is 0.316. The van der Waals surface area contributed by atoms with E-state index in [4.69, 9.17) is 0 Å². The van der Waals surface area contributed by atoms with Crippen LogP contribution in [0, 0.1) is 0 Å². The molecule has 0 spiro atoms. The van der Waals surface area contributed by atoms with Crippen molar-refractivity contribution in [3.05, 3.63) is 0 Å². The van der Waals surface area contributed by atoms with Crippen LogP contribution in [0.15, 0.2) is 0 Å². The largest absolute Gasteiger partial charge is 0.313 e. The molecule has 6 heteroatoms. The van der Waals surface area contributed by atoms with Crippen LogP contribution in [0.2, 0.25) is 0 Å². The van der Waals surface area contributed by atoms with E-state index in [0.29, 0.717) is 19.1 Å². The molecule has 1 aliphatic rings. The lowest BCUT2D eigenvalue weighted by Gasteiger charge is -2.31. The van der Waals surface area contributed by atoms with Crippen LogP contribution in [0.3, 0.4) is 0 Å². The Bertz CT molecular complexity index is 337. The standard InChI is InChI=1S/C12H27N3O2S/c1-5-9-15(10-12-7-6-8-13-12)18(16,17)14(4)11(2)3/h11-13H,5-10H2,1-4H3. The molecule has 1 unspecified atom stereocenters. The van der Waals surface area contributed by atoms with E-state index in [0.717, 1.165) is 25.8 Å². The molecule has 0 aromatic carbocycles. The highest BCUT2D eigenvalue weighted by Gasteiger charge is 2.30. The van der Waals surface area contributed by atoms with E-state index < -0.39 is 10.2 Å². The summed E-state index contributed by atoms with van der Waals surface area (Å²) in [6.07, 6.45) is 3.06. The topological polar surface area (TPSA) is 52.7 Å². The third-order valence-electron chi connectivity index (χ3n) is 3.48. The van der Waals surface area contributed by atoms with Crippen LogP contribution in [0.4, 0.5) is 0 Å². The molecule has 0 amide bonds. The summed E-state index contributed by atoms with van der Waals surface area (Å²) in [7, 11) is -1.67. The van der Waals surface area contributed by atoms with Gasteiger partial charge < -0.3 is 5.32 Å². The van der Waals surface area contributed by atoms with E-state index >= 15 is 0 Å². The summed E-state index contributed by atoms with van der Waals surface area (Å²) >= 11 is 0. The molecule has 0 aromatic rings. The molecular formula is C12H27N3O2S. The van der Waals surface area contributed by atoms with Crippen LogP contribution in [0.25, 0.3) is 0 Å². The van der Waals surface area contributed by atoms with Crippen LogP contribution < -0.4 is 5.32 Å². The van der Waals surface area contributed by atoms with Gasteiger partial charge in [-0.2, -0.15) is 17.0 Å². The molecule has 0 saturated carbocycles. The van der Waals surface area contributed by atoms with Gasteiger partial charge in [0.1, 0.15) is 0 Å². The molecule has 5 nitrogen and oxygen atoms in total. The first-order valence-corrected chi connectivity index (χ1v) is 8.25. The molecule has 1 atom stereocenters. The number of nitrogens with zero attached hydrogens (tertiary/aromatic N) is 2. The average molecular weight is 277 g/mol. The number of hydrogen-bond donors (Lipinski definition) is 1. The minimum absolute atomic E-state index is 0.00843. The zero-order valence-corrected chi connectivity index (χ0v) is 12.8.